The summed E-state index contributed by atoms with van der Waals surface area (Å²) in [6, 6.07) is 15.1. The molecule has 0 spiro atoms. The summed E-state index contributed by atoms with van der Waals surface area (Å²) < 4.78 is 1.49. The molecule has 0 saturated carbocycles. The van der Waals surface area contributed by atoms with Crippen molar-refractivity contribution in [1.29, 1.82) is 0 Å². The molecule has 1 fully saturated rings. The molecule has 1 aromatic heterocycles. The van der Waals surface area contributed by atoms with Gasteiger partial charge in [-0.25, -0.2) is 4.98 Å². The van der Waals surface area contributed by atoms with Crippen LogP contribution in [0.15, 0.2) is 59.7 Å². The Kier molecular flexibility index (Phi) is 4.87. The molecule has 2 aromatic carbocycles. The van der Waals surface area contributed by atoms with Crippen LogP contribution in [-0.4, -0.2) is 28.5 Å². The van der Waals surface area contributed by atoms with E-state index in [0.717, 1.165) is 24.5 Å². The van der Waals surface area contributed by atoms with E-state index in [2.05, 4.69) is 15.2 Å². The van der Waals surface area contributed by atoms with Crippen LogP contribution in [0.25, 0.3) is 10.9 Å². The third-order valence-corrected chi connectivity index (χ3v) is 4.94. The van der Waals surface area contributed by atoms with Crippen molar-refractivity contribution < 1.29 is 4.79 Å². The summed E-state index contributed by atoms with van der Waals surface area (Å²) in [4.78, 5) is 31.6. The summed E-state index contributed by atoms with van der Waals surface area (Å²) in [5.41, 5.74) is 2.44. The van der Waals surface area contributed by atoms with Crippen LogP contribution >= 0.6 is 0 Å². The van der Waals surface area contributed by atoms with Crippen molar-refractivity contribution in [1.82, 2.24) is 9.55 Å². The lowest BCUT2D eigenvalue weighted by molar-refractivity contribution is -0.116. The number of aromatic nitrogens is 2. The van der Waals surface area contributed by atoms with E-state index in [-0.39, 0.29) is 17.9 Å². The van der Waals surface area contributed by atoms with Crippen LogP contribution in [0.4, 0.5) is 11.4 Å². The molecule has 0 bridgehead atoms. The number of carbonyl (C=O) groups excluding carboxylic acids is 1. The fraction of sp³-hybridized carbons (Fsp3) is 0.286. The highest BCUT2D eigenvalue weighted by molar-refractivity contribution is 5.94. The predicted molar refractivity (Wildman–Crippen MR) is 107 cm³/mol. The summed E-state index contributed by atoms with van der Waals surface area (Å²) in [5, 5.41) is 3.57. The molecule has 6 heteroatoms. The van der Waals surface area contributed by atoms with E-state index in [1.807, 2.05) is 42.5 Å². The SMILES string of the molecule is O=C(CCn1cnc2ccccc2c1=O)Nc1ccccc1N1CCCC1. The van der Waals surface area contributed by atoms with Gasteiger partial charge in [-0.15, -0.1) is 0 Å². The van der Waals surface area contributed by atoms with Crippen molar-refractivity contribution >= 4 is 28.2 Å². The van der Waals surface area contributed by atoms with E-state index in [1.165, 1.54) is 23.7 Å². The fourth-order valence-corrected chi connectivity index (χ4v) is 3.51. The smallest absolute Gasteiger partial charge is 0.261 e. The number of para-hydroxylation sites is 3. The second-order valence-electron chi connectivity index (χ2n) is 6.77. The molecule has 1 N–H and O–H groups in total. The zero-order valence-electron chi connectivity index (χ0n) is 15.1. The number of carbonyl (C=O) groups is 1. The Labute approximate surface area is 157 Å². The average molecular weight is 362 g/mol. The molecule has 0 atom stereocenters. The number of hydrogen-bond acceptors (Lipinski definition) is 4. The minimum atomic E-state index is -0.120. The van der Waals surface area contributed by atoms with Gasteiger partial charge < -0.3 is 10.2 Å². The number of nitrogens with zero attached hydrogens (tertiary/aromatic N) is 3. The van der Waals surface area contributed by atoms with Crippen LogP contribution in [0, 0.1) is 0 Å². The third kappa shape index (κ3) is 3.69. The van der Waals surface area contributed by atoms with Crippen molar-refractivity contribution in [3.63, 3.8) is 0 Å². The van der Waals surface area contributed by atoms with Crippen molar-refractivity contribution in [2.24, 2.45) is 0 Å². The molecule has 0 radical (unpaired) electrons. The molecule has 2 heterocycles. The van der Waals surface area contributed by atoms with E-state index >= 15 is 0 Å². The first-order valence-corrected chi connectivity index (χ1v) is 9.30. The van der Waals surface area contributed by atoms with E-state index in [9.17, 15) is 9.59 Å². The van der Waals surface area contributed by atoms with E-state index in [1.54, 1.807) is 6.07 Å². The molecule has 0 aliphatic carbocycles. The number of nitrogens with one attached hydrogen (secondary N) is 1. The van der Waals surface area contributed by atoms with Crippen LogP contribution in [0.2, 0.25) is 0 Å². The normalized spacial score (nSPS) is 13.9. The van der Waals surface area contributed by atoms with Crippen molar-refractivity contribution in [3.8, 4) is 0 Å². The summed E-state index contributed by atoms with van der Waals surface area (Å²) in [6.45, 7) is 2.34. The van der Waals surface area contributed by atoms with Gasteiger partial charge in [-0.05, 0) is 37.1 Å². The molecule has 138 valence electrons. The number of anilines is 2. The molecule has 4 rings (SSSR count). The highest BCUT2D eigenvalue weighted by Gasteiger charge is 2.16. The number of amides is 1. The fourth-order valence-electron chi connectivity index (χ4n) is 3.51. The zero-order chi connectivity index (χ0) is 18.6. The molecular weight excluding hydrogens is 340 g/mol. The predicted octanol–water partition coefficient (Wildman–Crippen LogP) is 3.03. The molecule has 1 amide bonds. The van der Waals surface area contributed by atoms with Gasteiger partial charge in [0.25, 0.3) is 5.56 Å². The highest BCUT2D eigenvalue weighted by atomic mass is 16.2. The Balaban J connectivity index is 1.45. The number of benzene rings is 2. The van der Waals surface area contributed by atoms with Crippen LogP contribution < -0.4 is 15.8 Å². The summed E-state index contributed by atoms with van der Waals surface area (Å²) in [6.07, 6.45) is 4.09. The number of hydrogen-bond donors (Lipinski definition) is 1. The topological polar surface area (TPSA) is 67.2 Å². The van der Waals surface area contributed by atoms with Crippen molar-refractivity contribution in [2.45, 2.75) is 25.8 Å². The first-order valence-electron chi connectivity index (χ1n) is 9.30. The zero-order valence-corrected chi connectivity index (χ0v) is 15.1. The molecule has 0 unspecified atom stereocenters. The lowest BCUT2D eigenvalue weighted by Gasteiger charge is -2.21. The molecule has 27 heavy (non-hydrogen) atoms. The molecule has 3 aromatic rings. The van der Waals surface area contributed by atoms with Crippen LogP contribution in [-0.2, 0) is 11.3 Å². The quantitative estimate of drug-likeness (QED) is 0.758. The maximum atomic E-state index is 12.5. The minimum absolute atomic E-state index is 0.110. The lowest BCUT2D eigenvalue weighted by Crippen LogP contribution is -2.24. The van der Waals surface area contributed by atoms with Gasteiger partial charge in [0.15, 0.2) is 0 Å². The van der Waals surface area contributed by atoms with Gasteiger partial charge >= 0.3 is 0 Å². The number of aryl methyl sites for hydroxylation is 1. The summed E-state index contributed by atoms with van der Waals surface area (Å²) >= 11 is 0. The van der Waals surface area contributed by atoms with Crippen molar-refractivity contribution in [3.05, 3.63) is 65.2 Å². The van der Waals surface area contributed by atoms with E-state index in [0.29, 0.717) is 17.4 Å². The van der Waals surface area contributed by atoms with Crippen LogP contribution in [0.5, 0.6) is 0 Å². The van der Waals surface area contributed by atoms with Gasteiger partial charge in [0.2, 0.25) is 5.91 Å². The number of fused-ring (bicyclic) bond motifs is 1. The van der Waals surface area contributed by atoms with Gasteiger partial charge in [0.05, 0.1) is 28.6 Å². The van der Waals surface area contributed by atoms with Gasteiger partial charge in [-0.1, -0.05) is 24.3 Å². The Morgan fingerprint density at radius 2 is 1.78 bits per heavy atom. The largest absolute Gasteiger partial charge is 0.370 e. The Morgan fingerprint density at radius 3 is 2.63 bits per heavy atom. The monoisotopic (exact) mass is 362 g/mol. The second-order valence-corrected chi connectivity index (χ2v) is 6.77. The third-order valence-electron chi connectivity index (χ3n) is 4.94. The summed E-state index contributed by atoms with van der Waals surface area (Å²) in [7, 11) is 0. The molecule has 6 nitrogen and oxygen atoms in total. The molecule has 1 saturated heterocycles. The summed E-state index contributed by atoms with van der Waals surface area (Å²) in [5.74, 6) is -0.110. The Morgan fingerprint density at radius 1 is 1.04 bits per heavy atom. The maximum Gasteiger partial charge on any atom is 0.261 e. The molecular formula is C21H22N4O2. The van der Waals surface area contributed by atoms with Gasteiger partial charge in [0, 0.05) is 26.1 Å². The van der Waals surface area contributed by atoms with Gasteiger partial charge in [0.1, 0.15) is 0 Å². The Bertz CT molecular complexity index is 1020. The molecule has 1 aliphatic rings. The second kappa shape index (κ2) is 7.61. The minimum Gasteiger partial charge on any atom is -0.370 e. The highest BCUT2D eigenvalue weighted by Crippen LogP contribution is 2.28. The van der Waals surface area contributed by atoms with Crippen molar-refractivity contribution in [2.75, 3.05) is 23.3 Å². The Hall–Kier alpha value is -3.15. The van der Waals surface area contributed by atoms with Crippen LogP contribution in [0.3, 0.4) is 0 Å². The van der Waals surface area contributed by atoms with E-state index < -0.39 is 0 Å². The number of rotatable bonds is 5. The lowest BCUT2D eigenvalue weighted by atomic mass is 10.2. The van der Waals surface area contributed by atoms with Gasteiger partial charge in [-0.3, -0.25) is 14.2 Å². The van der Waals surface area contributed by atoms with Crippen LogP contribution in [0.1, 0.15) is 19.3 Å². The standard InChI is InChI=1S/C21H22N4O2/c26-20(23-18-9-3-4-10-19(18)24-12-5-6-13-24)11-14-25-15-22-17-8-2-1-7-16(17)21(25)27/h1-4,7-10,15H,5-6,11-14H2,(H,23,26). The first kappa shape index (κ1) is 17.3. The van der Waals surface area contributed by atoms with Gasteiger partial charge in [-0.2, -0.15) is 0 Å². The van der Waals surface area contributed by atoms with E-state index in [4.69, 9.17) is 0 Å². The molecule has 1 aliphatic heterocycles. The average Bonchev–Trinajstić information content (AvgIpc) is 3.23. The first-order chi connectivity index (χ1) is 13.2. The maximum absolute atomic E-state index is 12.5.